The summed E-state index contributed by atoms with van der Waals surface area (Å²) in [5, 5.41) is 11.6. The van der Waals surface area contributed by atoms with E-state index in [1.165, 1.54) is 6.07 Å². The minimum atomic E-state index is -0.363. The average Bonchev–Trinajstić information content (AvgIpc) is 2.68. The molecular weight excluding hydrogens is 242 g/mol. The van der Waals surface area contributed by atoms with Crippen LogP contribution in [0.2, 0.25) is 0 Å². The zero-order valence-electron chi connectivity index (χ0n) is 9.28. The molecule has 0 bridgehead atoms. The first kappa shape index (κ1) is 13.5. The zero-order valence-corrected chi connectivity index (χ0v) is 10.0. The molecule has 0 atom stereocenters. The lowest BCUT2D eigenvalue weighted by atomic mass is 10.1. The van der Waals surface area contributed by atoms with Crippen molar-refractivity contribution in [1.29, 1.82) is 0 Å². The van der Waals surface area contributed by atoms with Crippen LogP contribution in [0.5, 0.6) is 0 Å². The molecular formula is C11H14ClN3O2. The number of rotatable bonds is 4. The predicted octanol–water partition coefficient (Wildman–Crippen LogP) is -1.75. The molecule has 2 aromatic rings. The van der Waals surface area contributed by atoms with E-state index in [1.807, 2.05) is 6.20 Å². The van der Waals surface area contributed by atoms with Crippen LogP contribution in [0.15, 0.2) is 24.4 Å². The van der Waals surface area contributed by atoms with Gasteiger partial charge in [-0.05, 0) is 18.1 Å². The lowest BCUT2D eigenvalue weighted by Crippen LogP contribution is -3.00. The van der Waals surface area contributed by atoms with E-state index in [0.29, 0.717) is 0 Å². The van der Waals surface area contributed by atoms with E-state index in [9.17, 15) is 10.1 Å². The number of quaternary nitrogens is 1. The Hall–Kier alpha value is -1.59. The van der Waals surface area contributed by atoms with Crippen LogP contribution >= 0.6 is 0 Å². The van der Waals surface area contributed by atoms with Gasteiger partial charge in [-0.1, -0.05) is 0 Å². The van der Waals surface area contributed by atoms with Gasteiger partial charge in [0.05, 0.1) is 11.5 Å². The molecule has 17 heavy (non-hydrogen) atoms. The molecule has 0 aliphatic heterocycles. The summed E-state index contributed by atoms with van der Waals surface area (Å²) in [6, 6.07) is 4.90. The number of nitro benzene ring substituents is 1. The van der Waals surface area contributed by atoms with Gasteiger partial charge in [-0.3, -0.25) is 10.1 Å². The van der Waals surface area contributed by atoms with Crippen molar-refractivity contribution in [2.45, 2.75) is 12.8 Å². The molecule has 2 rings (SSSR count). The molecule has 0 aliphatic rings. The van der Waals surface area contributed by atoms with Crippen molar-refractivity contribution < 1.29 is 23.1 Å². The Balaban J connectivity index is 0.00000144. The Morgan fingerprint density at radius 1 is 1.41 bits per heavy atom. The fourth-order valence-electron chi connectivity index (χ4n) is 1.80. The zero-order chi connectivity index (χ0) is 11.5. The van der Waals surface area contributed by atoms with Gasteiger partial charge in [-0.2, -0.15) is 0 Å². The van der Waals surface area contributed by atoms with Crippen molar-refractivity contribution in [2.75, 3.05) is 6.54 Å². The van der Waals surface area contributed by atoms with Crippen molar-refractivity contribution in [2.24, 2.45) is 0 Å². The highest BCUT2D eigenvalue weighted by Crippen LogP contribution is 2.24. The van der Waals surface area contributed by atoms with Gasteiger partial charge in [0.1, 0.15) is 0 Å². The summed E-state index contributed by atoms with van der Waals surface area (Å²) >= 11 is 0. The number of halogens is 1. The van der Waals surface area contributed by atoms with Crippen molar-refractivity contribution in [3.05, 3.63) is 40.1 Å². The quantitative estimate of drug-likeness (QED) is 0.502. The summed E-state index contributed by atoms with van der Waals surface area (Å²) in [4.78, 5) is 13.4. The number of aryl methyl sites for hydroxylation is 1. The highest BCUT2D eigenvalue weighted by Gasteiger charge is 2.09. The molecule has 0 fully saturated rings. The van der Waals surface area contributed by atoms with Gasteiger partial charge >= 0.3 is 0 Å². The maximum Gasteiger partial charge on any atom is 0.270 e. The highest BCUT2D eigenvalue weighted by molar-refractivity contribution is 5.85. The van der Waals surface area contributed by atoms with Crippen molar-refractivity contribution in [3.63, 3.8) is 0 Å². The molecule has 0 spiro atoms. The van der Waals surface area contributed by atoms with E-state index in [4.69, 9.17) is 0 Å². The van der Waals surface area contributed by atoms with E-state index in [0.717, 1.165) is 35.9 Å². The van der Waals surface area contributed by atoms with Crippen LogP contribution < -0.4 is 18.1 Å². The Morgan fingerprint density at radius 2 is 2.18 bits per heavy atom. The van der Waals surface area contributed by atoms with Crippen LogP contribution in [-0.4, -0.2) is 16.5 Å². The van der Waals surface area contributed by atoms with Crippen LogP contribution in [0.25, 0.3) is 10.9 Å². The van der Waals surface area contributed by atoms with Gasteiger partial charge in [0, 0.05) is 35.7 Å². The predicted molar refractivity (Wildman–Crippen MR) is 61.0 cm³/mol. The second kappa shape index (κ2) is 5.65. The van der Waals surface area contributed by atoms with Crippen molar-refractivity contribution >= 4 is 16.6 Å². The number of aromatic amines is 1. The maximum absolute atomic E-state index is 10.7. The molecule has 0 radical (unpaired) electrons. The second-order valence-corrected chi connectivity index (χ2v) is 3.76. The van der Waals surface area contributed by atoms with Gasteiger partial charge in [-0.25, -0.2) is 0 Å². The van der Waals surface area contributed by atoms with E-state index in [-0.39, 0.29) is 23.0 Å². The molecule has 0 amide bonds. The maximum atomic E-state index is 10.7. The van der Waals surface area contributed by atoms with Crippen LogP contribution in [-0.2, 0) is 6.42 Å². The van der Waals surface area contributed by atoms with Crippen LogP contribution in [0.1, 0.15) is 12.0 Å². The molecule has 0 unspecified atom stereocenters. The number of nitrogens with one attached hydrogen (secondary N) is 1. The standard InChI is InChI=1S/C11H13N3O2.ClH/c12-5-1-2-8-7-13-11-4-3-9(14(15)16)6-10(8)11;/h3-4,6-7,13H,1-2,5,12H2;1H. The molecule has 92 valence electrons. The number of aromatic nitrogens is 1. The number of nitro groups is 1. The number of benzene rings is 1. The topological polar surface area (TPSA) is 86.6 Å². The minimum absolute atomic E-state index is 0. The molecule has 0 saturated heterocycles. The molecule has 4 N–H and O–H groups in total. The second-order valence-electron chi connectivity index (χ2n) is 3.76. The third-order valence-corrected chi connectivity index (χ3v) is 2.66. The number of hydrogen-bond donors (Lipinski definition) is 2. The Kier molecular flexibility index (Phi) is 4.48. The highest BCUT2D eigenvalue weighted by atomic mass is 35.5. The smallest absolute Gasteiger partial charge is 0.270 e. The normalized spacial score (nSPS) is 10.2. The summed E-state index contributed by atoms with van der Waals surface area (Å²) in [5.74, 6) is 0. The average molecular weight is 256 g/mol. The molecule has 1 aromatic carbocycles. The SMILES string of the molecule is [Cl-].[NH3+]CCCc1c[nH]c2ccc([N+](=O)[O-])cc12. The Morgan fingerprint density at radius 3 is 2.82 bits per heavy atom. The summed E-state index contributed by atoms with van der Waals surface area (Å²) in [6.45, 7) is 0.877. The number of nitrogens with zero attached hydrogens (tertiary/aromatic N) is 1. The van der Waals surface area contributed by atoms with E-state index in [2.05, 4.69) is 10.7 Å². The first-order chi connectivity index (χ1) is 7.72. The number of hydrogen-bond acceptors (Lipinski definition) is 2. The molecule has 0 aliphatic carbocycles. The molecule has 5 nitrogen and oxygen atoms in total. The lowest BCUT2D eigenvalue weighted by molar-refractivity contribution is -0.384. The van der Waals surface area contributed by atoms with Crippen LogP contribution in [0.3, 0.4) is 0 Å². The van der Waals surface area contributed by atoms with Gasteiger partial charge in [0.15, 0.2) is 0 Å². The monoisotopic (exact) mass is 255 g/mol. The van der Waals surface area contributed by atoms with E-state index in [1.54, 1.807) is 12.1 Å². The summed E-state index contributed by atoms with van der Waals surface area (Å²) in [5.41, 5.74) is 6.01. The van der Waals surface area contributed by atoms with E-state index >= 15 is 0 Å². The number of non-ortho nitro benzene ring substituents is 1. The molecule has 0 saturated carbocycles. The third kappa shape index (κ3) is 2.75. The molecule has 6 heteroatoms. The van der Waals surface area contributed by atoms with Gasteiger partial charge in [0.2, 0.25) is 0 Å². The Labute approximate surface area is 105 Å². The third-order valence-electron chi connectivity index (χ3n) is 2.66. The number of fused-ring (bicyclic) bond motifs is 1. The minimum Gasteiger partial charge on any atom is -1.00 e. The fourth-order valence-corrected chi connectivity index (χ4v) is 1.80. The van der Waals surface area contributed by atoms with Crippen molar-refractivity contribution in [1.82, 2.24) is 4.98 Å². The largest absolute Gasteiger partial charge is 1.00 e. The number of H-pyrrole nitrogens is 1. The van der Waals surface area contributed by atoms with Crippen LogP contribution in [0.4, 0.5) is 5.69 Å². The molecule has 1 aromatic heterocycles. The lowest BCUT2D eigenvalue weighted by Gasteiger charge is -1.96. The molecule has 1 heterocycles. The Bertz CT molecular complexity index is 524. The van der Waals surface area contributed by atoms with Crippen LogP contribution in [0, 0.1) is 10.1 Å². The first-order valence-electron chi connectivity index (χ1n) is 5.26. The van der Waals surface area contributed by atoms with Crippen molar-refractivity contribution in [3.8, 4) is 0 Å². The summed E-state index contributed by atoms with van der Waals surface area (Å²) in [7, 11) is 0. The summed E-state index contributed by atoms with van der Waals surface area (Å²) in [6.07, 6.45) is 3.82. The van der Waals surface area contributed by atoms with Gasteiger partial charge in [0.25, 0.3) is 5.69 Å². The first-order valence-corrected chi connectivity index (χ1v) is 5.26. The van der Waals surface area contributed by atoms with E-state index < -0.39 is 0 Å². The van der Waals surface area contributed by atoms with Gasteiger partial charge < -0.3 is 23.1 Å². The van der Waals surface area contributed by atoms with Gasteiger partial charge in [-0.15, -0.1) is 0 Å². The summed E-state index contributed by atoms with van der Waals surface area (Å²) < 4.78 is 0. The fraction of sp³-hybridized carbons (Fsp3) is 0.273.